The number of rotatable bonds is 3. The lowest BCUT2D eigenvalue weighted by molar-refractivity contribution is 0.0242. The Balaban J connectivity index is 1.21. The predicted molar refractivity (Wildman–Crippen MR) is 108 cm³/mol. The highest BCUT2D eigenvalue weighted by Gasteiger charge is 2.37. The number of nitrogens with zero attached hydrogens (tertiary/aromatic N) is 6. The van der Waals surface area contributed by atoms with Gasteiger partial charge in [-0.05, 0) is 12.1 Å². The number of H-pyrrole nitrogens is 1. The summed E-state index contributed by atoms with van der Waals surface area (Å²) >= 11 is 0. The number of carbonyl (C=O) groups excluding carboxylic acids is 1. The lowest BCUT2D eigenvalue weighted by Crippen LogP contribution is -2.64. The summed E-state index contributed by atoms with van der Waals surface area (Å²) in [7, 11) is 0. The van der Waals surface area contributed by atoms with E-state index in [0.717, 1.165) is 32.1 Å². The van der Waals surface area contributed by atoms with Crippen molar-refractivity contribution in [2.45, 2.75) is 6.04 Å². The largest absolute Gasteiger partial charge is 0.338 e. The molecular weight excluding hydrogens is 370 g/mol. The Labute approximate surface area is 167 Å². The first-order valence-corrected chi connectivity index (χ1v) is 9.73. The van der Waals surface area contributed by atoms with Crippen LogP contribution in [0.2, 0.25) is 0 Å². The van der Waals surface area contributed by atoms with E-state index in [2.05, 4.69) is 30.0 Å². The molecule has 0 aliphatic carbocycles. The summed E-state index contributed by atoms with van der Waals surface area (Å²) in [6.07, 6.45) is 3.53. The molecule has 5 rings (SSSR count). The van der Waals surface area contributed by atoms with Gasteiger partial charge in [-0.25, -0.2) is 15.1 Å². The van der Waals surface area contributed by atoms with Gasteiger partial charge in [0.1, 0.15) is 0 Å². The summed E-state index contributed by atoms with van der Waals surface area (Å²) in [6.45, 7) is 4.95. The van der Waals surface area contributed by atoms with Crippen molar-refractivity contribution in [2.24, 2.45) is 0 Å². The van der Waals surface area contributed by atoms with E-state index in [1.807, 2.05) is 12.1 Å². The van der Waals surface area contributed by atoms with Crippen LogP contribution in [0.4, 0.5) is 5.95 Å². The van der Waals surface area contributed by atoms with Gasteiger partial charge in [-0.3, -0.25) is 14.5 Å². The number of amides is 1. The number of piperazine rings is 1. The lowest BCUT2D eigenvalue weighted by Gasteiger charge is -2.48. The van der Waals surface area contributed by atoms with Crippen molar-refractivity contribution < 1.29 is 4.79 Å². The van der Waals surface area contributed by atoms with Gasteiger partial charge in [0.2, 0.25) is 5.95 Å². The molecule has 0 bridgehead atoms. The van der Waals surface area contributed by atoms with Crippen molar-refractivity contribution in [3.63, 3.8) is 0 Å². The minimum absolute atomic E-state index is 0.134. The number of hydrogen-bond donors (Lipinski definition) is 1. The molecule has 1 aromatic carbocycles. The number of anilines is 1. The number of fused-ring (bicyclic) bond motifs is 1. The van der Waals surface area contributed by atoms with Gasteiger partial charge in [-0.2, -0.15) is 5.10 Å². The Bertz CT molecular complexity index is 1090. The summed E-state index contributed by atoms with van der Waals surface area (Å²) in [5, 5.41) is 7.55. The predicted octanol–water partition coefficient (Wildman–Crippen LogP) is 0.360. The van der Waals surface area contributed by atoms with Gasteiger partial charge < -0.3 is 9.80 Å². The molecule has 0 spiro atoms. The Morgan fingerprint density at radius 2 is 1.66 bits per heavy atom. The Morgan fingerprint density at radius 3 is 2.38 bits per heavy atom. The van der Waals surface area contributed by atoms with E-state index in [-0.39, 0.29) is 11.5 Å². The molecule has 2 aliphatic heterocycles. The summed E-state index contributed by atoms with van der Waals surface area (Å²) in [4.78, 5) is 39.9. The average molecular weight is 391 g/mol. The molecule has 29 heavy (non-hydrogen) atoms. The molecule has 2 fully saturated rings. The first-order chi connectivity index (χ1) is 14.2. The third-order valence-corrected chi connectivity index (χ3v) is 5.71. The molecule has 0 radical (unpaired) electrons. The van der Waals surface area contributed by atoms with Crippen LogP contribution < -0.4 is 10.5 Å². The smallest absolute Gasteiger partial charge is 0.275 e. The lowest BCUT2D eigenvalue weighted by atomic mass is 10.0. The van der Waals surface area contributed by atoms with Crippen LogP contribution in [0.3, 0.4) is 0 Å². The maximum Gasteiger partial charge on any atom is 0.275 e. The number of nitrogens with one attached hydrogen (secondary N) is 1. The molecule has 4 heterocycles. The molecule has 2 saturated heterocycles. The molecule has 2 aromatic heterocycles. The maximum absolute atomic E-state index is 12.9. The van der Waals surface area contributed by atoms with Crippen LogP contribution in [0.1, 0.15) is 10.5 Å². The van der Waals surface area contributed by atoms with E-state index < -0.39 is 0 Å². The number of benzene rings is 1. The highest BCUT2D eigenvalue weighted by molar-refractivity contribution is 6.05. The van der Waals surface area contributed by atoms with Gasteiger partial charge in [0.15, 0.2) is 5.69 Å². The molecule has 9 nitrogen and oxygen atoms in total. The second kappa shape index (κ2) is 7.25. The minimum Gasteiger partial charge on any atom is -0.338 e. The Kier molecular flexibility index (Phi) is 4.44. The molecule has 3 aromatic rings. The summed E-state index contributed by atoms with van der Waals surface area (Å²) in [6, 6.07) is 9.25. The maximum atomic E-state index is 12.9. The van der Waals surface area contributed by atoms with E-state index in [1.165, 1.54) is 0 Å². The van der Waals surface area contributed by atoms with Crippen LogP contribution in [-0.4, -0.2) is 81.2 Å². The quantitative estimate of drug-likeness (QED) is 0.688. The van der Waals surface area contributed by atoms with Crippen LogP contribution in [0.5, 0.6) is 0 Å². The van der Waals surface area contributed by atoms with Crippen molar-refractivity contribution in [1.29, 1.82) is 0 Å². The van der Waals surface area contributed by atoms with Crippen LogP contribution >= 0.6 is 0 Å². The van der Waals surface area contributed by atoms with Crippen LogP contribution in [-0.2, 0) is 0 Å². The van der Waals surface area contributed by atoms with Crippen molar-refractivity contribution in [2.75, 3.05) is 44.2 Å². The van der Waals surface area contributed by atoms with Gasteiger partial charge in [0, 0.05) is 63.1 Å². The second-order valence-electron chi connectivity index (χ2n) is 7.38. The zero-order chi connectivity index (χ0) is 19.8. The summed E-state index contributed by atoms with van der Waals surface area (Å²) in [5.41, 5.74) is 0.0311. The molecule has 0 unspecified atom stereocenters. The van der Waals surface area contributed by atoms with Crippen LogP contribution in [0, 0.1) is 0 Å². The second-order valence-corrected chi connectivity index (χ2v) is 7.38. The van der Waals surface area contributed by atoms with Gasteiger partial charge in [-0.1, -0.05) is 18.2 Å². The van der Waals surface area contributed by atoms with Crippen molar-refractivity contribution >= 4 is 22.6 Å². The van der Waals surface area contributed by atoms with Crippen LogP contribution in [0.15, 0.2) is 47.5 Å². The highest BCUT2D eigenvalue weighted by Crippen LogP contribution is 2.22. The van der Waals surface area contributed by atoms with E-state index >= 15 is 0 Å². The van der Waals surface area contributed by atoms with E-state index in [9.17, 15) is 9.59 Å². The highest BCUT2D eigenvalue weighted by atomic mass is 16.2. The number of carbonyl (C=O) groups is 1. The van der Waals surface area contributed by atoms with Gasteiger partial charge in [-0.15, -0.1) is 0 Å². The standard InChI is InChI=1S/C20H21N7O2/c28-18-16-5-2-1-4-15(16)17(23-24-18)19(29)27-12-14(13-27)25-8-10-26(11-9-25)20-21-6-3-7-22-20/h1-7,14H,8-13H2,(H,24,28). The molecule has 148 valence electrons. The van der Waals surface area contributed by atoms with Gasteiger partial charge in [0.05, 0.1) is 5.39 Å². The Morgan fingerprint density at radius 1 is 0.966 bits per heavy atom. The topological polar surface area (TPSA) is 98.3 Å². The third-order valence-electron chi connectivity index (χ3n) is 5.71. The molecule has 1 amide bonds. The van der Waals surface area contributed by atoms with Crippen molar-refractivity contribution in [1.82, 2.24) is 30.0 Å². The van der Waals surface area contributed by atoms with E-state index in [0.29, 0.717) is 35.6 Å². The number of hydrogen-bond acceptors (Lipinski definition) is 7. The van der Waals surface area contributed by atoms with Gasteiger partial charge in [0.25, 0.3) is 11.5 Å². The summed E-state index contributed by atoms with van der Waals surface area (Å²) < 4.78 is 0. The first kappa shape index (κ1) is 17.7. The monoisotopic (exact) mass is 391 g/mol. The molecule has 9 heteroatoms. The fourth-order valence-corrected chi connectivity index (χ4v) is 4.02. The molecular formula is C20H21N7O2. The molecule has 0 saturated carbocycles. The minimum atomic E-state index is -0.279. The SMILES string of the molecule is O=C(c1n[nH]c(=O)c2ccccc12)N1CC(N2CCN(c3ncccn3)CC2)C1. The fourth-order valence-electron chi connectivity index (χ4n) is 4.02. The van der Waals surface area contributed by atoms with Crippen molar-refractivity contribution in [3.8, 4) is 0 Å². The summed E-state index contributed by atoms with van der Waals surface area (Å²) in [5.74, 6) is 0.638. The number of likely N-dealkylation sites (tertiary alicyclic amines) is 1. The fraction of sp³-hybridized carbons (Fsp3) is 0.350. The molecule has 0 atom stereocenters. The van der Waals surface area contributed by atoms with Crippen molar-refractivity contribution in [3.05, 3.63) is 58.8 Å². The normalized spacial score (nSPS) is 18.1. The van der Waals surface area contributed by atoms with E-state index in [1.54, 1.807) is 35.5 Å². The zero-order valence-electron chi connectivity index (χ0n) is 15.9. The first-order valence-electron chi connectivity index (χ1n) is 9.73. The van der Waals surface area contributed by atoms with E-state index in [4.69, 9.17) is 0 Å². The van der Waals surface area contributed by atoms with Gasteiger partial charge >= 0.3 is 0 Å². The average Bonchev–Trinajstić information content (AvgIpc) is 2.74. The zero-order valence-corrected chi connectivity index (χ0v) is 15.9. The number of aromatic amines is 1. The Hall–Kier alpha value is -3.33. The van der Waals surface area contributed by atoms with Crippen LogP contribution in [0.25, 0.3) is 10.8 Å². The third kappa shape index (κ3) is 3.23. The molecule has 2 aliphatic rings. The molecule has 1 N–H and O–H groups in total. The number of aromatic nitrogens is 4.